The van der Waals surface area contributed by atoms with Crippen LogP contribution in [0.5, 0.6) is 17.2 Å². The summed E-state index contributed by atoms with van der Waals surface area (Å²) in [5.74, 6) is -4.40. The van der Waals surface area contributed by atoms with Gasteiger partial charge in [-0.25, -0.2) is 0 Å². The van der Waals surface area contributed by atoms with E-state index in [4.69, 9.17) is 24.4 Å². The molecule has 0 saturated heterocycles. The molecule has 0 aliphatic carbocycles. The zero-order chi connectivity index (χ0) is 13.6. The Morgan fingerprint density at radius 3 is 1.28 bits per heavy atom. The maximum Gasteiger partial charge on any atom is 2.00 e. The largest absolute Gasteiger partial charge is 2.00 e. The van der Waals surface area contributed by atoms with Gasteiger partial charge in [0.1, 0.15) is 9.79 Å². The molecule has 0 aliphatic heterocycles. The zero-order valence-electron chi connectivity index (χ0n) is 10.5. The quantitative estimate of drug-likeness (QED) is 0.265. The molecule has 1 rings (SSSR count). The van der Waals surface area contributed by atoms with Crippen molar-refractivity contribution in [2.45, 2.75) is 9.79 Å². The molecule has 0 amide bonds. The molecule has 0 aromatic heterocycles. The molecule has 0 radical (unpaired) electrons. The standard InChI is InChI=1S/C6H6O9S2.Mg.2H/c7-4-2(16(10,11)12)1-3(17(13,14)15)5(8)6(4)9;;;/h1,7-9H,(H,10,11,12)(H,13,14,15);;;/q;+2;2*-1. The second-order valence-corrected chi connectivity index (χ2v) is 5.65. The van der Waals surface area contributed by atoms with E-state index in [0.29, 0.717) is 0 Å². The third-order valence-corrected chi connectivity index (χ3v) is 3.47. The third-order valence-electron chi connectivity index (χ3n) is 1.73. The molecule has 0 fully saturated rings. The number of aromatic hydroxyl groups is 3. The van der Waals surface area contributed by atoms with Crippen LogP contribution in [0.2, 0.25) is 0 Å². The minimum atomic E-state index is -5.05. The predicted molar refractivity (Wildman–Crippen MR) is 59.0 cm³/mol. The summed E-state index contributed by atoms with van der Waals surface area (Å²) < 4.78 is 60.1. The molecule has 0 spiro atoms. The van der Waals surface area contributed by atoms with Crippen LogP contribution in [0.25, 0.3) is 0 Å². The van der Waals surface area contributed by atoms with Crippen molar-refractivity contribution in [3.05, 3.63) is 6.07 Å². The van der Waals surface area contributed by atoms with Gasteiger partial charge in [0.25, 0.3) is 20.2 Å². The van der Waals surface area contributed by atoms with Crippen LogP contribution < -0.4 is 0 Å². The van der Waals surface area contributed by atoms with E-state index in [0.717, 1.165) is 0 Å². The maximum atomic E-state index is 10.7. The van der Waals surface area contributed by atoms with Gasteiger partial charge >= 0.3 is 23.1 Å². The molecule has 12 heteroatoms. The van der Waals surface area contributed by atoms with Gasteiger partial charge in [-0.2, -0.15) is 16.8 Å². The van der Waals surface area contributed by atoms with Gasteiger partial charge in [-0.1, -0.05) is 0 Å². The number of phenolic OH excluding ortho intramolecular Hbond substituents is 3. The first-order chi connectivity index (χ1) is 7.46. The zero-order valence-corrected chi connectivity index (χ0v) is 11.5. The Hall–Kier alpha value is -0.794. The van der Waals surface area contributed by atoms with Crippen molar-refractivity contribution < 1.29 is 44.1 Å². The van der Waals surface area contributed by atoms with E-state index in [9.17, 15) is 16.8 Å². The van der Waals surface area contributed by atoms with Crippen molar-refractivity contribution in [1.82, 2.24) is 0 Å². The molecule has 1 aromatic rings. The summed E-state index contributed by atoms with van der Waals surface area (Å²) in [4.78, 5) is -2.75. The van der Waals surface area contributed by atoms with Crippen molar-refractivity contribution in [3.8, 4) is 17.2 Å². The summed E-state index contributed by atoms with van der Waals surface area (Å²) >= 11 is 0. The van der Waals surface area contributed by atoms with E-state index in [1.807, 2.05) is 0 Å². The summed E-state index contributed by atoms with van der Waals surface area (Å²) in [5, 5.41) is 27.2. The average Bonchev–Trinajstić information content (AvgIpc) is 2.10. The first kappa shape index (κ1) is 17.2. The van der Waals surface area contributed by atoms with E-state index in [-0.39, 0.29) is 32.0 Å². The van der Waals surface area contributed by atoms with Crippen molar-refractivity contribution in [3.63, 3.8) is 0 Å². The molecule has 18 heavy (non-hydrogen) atoms. The Bertz CT molecular complexity index is 629. The summed E-state index contributed by atoms with van der Waals surface area (Å²) in [6.45, 7) is 0. The Morgan fingerprint density at radius 1 is 0.778 bits per heavy atom. The van der Waals surface area contributed by atoms with Gasteiger partial charge in [-0.3, -0.25) is 9.11 Å². The molecule has 1 aromatic carbocycles. The van der Waals surface area contributed by atoms with E-state index in [1.165, 1.54) is 0 Å². The predicted octanol–water partition coefficient (Wildman–Crippen LogP) is -0.859. The van der Waals surface area contributed by atoms with E-state index < -0.39 is 47.3 Å². The SMILES string of the molecule is O=S(=O)(O)c1cc(S(=O)(=O)O)c(O)c(O)c1O.[H-].[H-].[Mg+2]. The number of benzene rings is 1. The number of hydrogen-bond donors (Lipinski definition) is 5. The van der Waals surface area contributed by atoms with Gasteiger partial charge in [-0.05, 0) is 6.07 Å². The Morgan fingerprint density at radius 2 is 1.06 bits per heavy atom. The van der Waals surface area contributed by atoms with Gasteiger partial charge in [0.05, 0.1) is 0 Å². The molecular formula is C6H8MgO9S2. The second-order valence-electron chi connectivity index (χ2n) is 2.87. The Balaban J connectivity index is -0.000000963. The second kappa shape index (κ2) is 5.06. The fourth-order valence-electron chi connectivity index (χ4n) is 0.995. The number of hydrogen-bond acceptors (Lipinski definition) is 7. The molecule has 9 nitrogen and oxygen atoms in total. The van der Waals surface area contributed by atoms with Gasteiger partial charge < -0.3 is 18.2 Å². The Kier molecular flexibility index (Phi) is 4.84. The molecule has 5 N–H and O–H groups in total. The summed E-state index contributed by atoms with van der Waals surface area (Å²) in [5.41, 5.74) is 0. The fourth-order valence-corrected chi connectivity index (χ4v) is 2.28. The van der Waals surface area contributed by atoms with Crippen LogP contribution in [0.15, 0.2) is 15.9 Å². The van der Waals surface area contributed by atoms with Crippen LogP contribution in [0.4, 0.5) is 0 Å². The van der Waals surface area contributed by atoms with Crippen molar-refractivity contribution in [2.75, 3.05) is 0 Å². The molecule has 0 unspecified atom stereocenters. The minimum absolute atomic E-state index is 0. The number of phenols is 3. The number of rotatable bonds is 2. The molecule has 100 valence electrons. The molecule has 0 saturated carbocycles. The summed E-state index contributed by atoms with van der Waals surface area (Å²) in [6, 6.07) is 0.0923. The molecule has 0 heterocycles. The van der Waals surface area contributed by atoms with Crippen LogP contribution in [0.1, 0.15) is 2.85 Å². The van der Waals surface area contributed by atoms with Gasteiger partial charge in [-0.15, -0.1) is 0 Å². The Labute approximate surface area is 120 Å². The van der Waals surface area contributed by atoms with Crippen LogP contribution in [-0.2, 0) is 20.2 Å². The van der Waals surface area contributed by atoms with Crippen LogP contribution in [-0.4, -0.2) is 64.3 Å². The van der Waals surface area contributed by atoms with Gasteiger partial charge in [0, 0.05) is 0 Å². The van der Waals surface area contributed by atoms with E-state index >= 15 is 0 Å². The van der Waals surface area contributed by atoms with Crippen molar-refractivity contribution >= 4 is 43.3 Å². The maximum absolute atomic E-state index is 10.7. The summed E-state index contributed by atoms with van der Waals surface area (Å²) in [6.07, 6.45) is 0. The molecule has 0 bridgehead atoms. The first-order valence-corrected chi connectivity index (χ1v) is 6.57. The van der Waals surface area contributed by atoms with Crippen LogP contribution >= 0.6 is 0 Å². The van der Waals surface area contributed by atoms with Crippen molar-refractivity contribution in [2.24, 2.45) is 0 Å². The van der Waals surface area contributed by atoms with E-state index in [2.05, 4.69) is 0 Å². The summed E-state index contributed by atoms with van der Waals surface area (Å²) in [7, 11) is -10.1. The van der Waals surface area contributed by atoms with Crippen LogP contribution in [0.3, 0.4) is 0 Å². The third kappa shape index (κ3) is 3.15. The molecular weight excluding hydrogens is 304 g/mol. The topological polar surface area (TPSA) is 169 Å². The van der Waals surface area contributed by atoms with Crippen molar-refractivity contribution in [1.29, 1.82) is 0 Å². The smallest absolute Gasteiger partial charge is 1.00 e. The monoisotopic (exact) mass is 312 g/mol. The van der Waals surface area contributed by atoms with Crippen LogP contribution in [0, 0.1) is 0 Å². The fraction of sp³-hybridized carbons (Fsp3) is 0. The van der Waals surface area contributed by atoms with Gasteiger partial charge in [0.2, 0.25) is 5.75 Å². The first-order valence-electron chi connectivity index (χ1n) is 3.69. The molecule has 0 aliphatic rings. The van der Waals surface area contributed by atoms with Gasteiger partial charge in [0.15, 0.2) is 11.5 Å². The molecule has 0 atom stereocenters. The minimum Gasteiger partial charge on any atom is -1.00 e. The van der Waals surface area contributed by atoms with E-state index in [1.54, 1.807) is 0 Å². The normalized spacial score (nSPS) is 11.9. The average molecular weight is 313 g/mol.